The third kappa shape index (κ3) is 3.86. The Morgan fingerprint density at radius 2 is 1.95 bits per heavy atom. The van der Waals surface area contributed by atoms with Crippen LogP contribution in [0.25, 0.3) is 0 Å². The molecule has 112 valence electrons. The van der Waals surface area contributed by atoms with E-state index < -0.39 is 5.82 Å². The van der Waals surface area contributed by atoms with E-state index in [1.807, 2.05) is 25.1 Å². The normalized spacial score (nSPS) is 12.0. The summed E-state index contributed by atoms with van der Waals surface area (Å²) in [7, 11) is 1.57. The molecule has 0 aliphatic rings. The Kier molecular flexibility index (Phi) is 5.04. The van der Waals surface area contributed by atoms with Crippen molar-refractivity contribution in [1.29, 1.82) is 0 Å². The second kappa shape index (κ2) is 6.78. The van der Waals surface area contributed by atoms with E-state index in [1.165, 1.54) is 6.07 Å². The fraction of sp³-hybridized carbons (Fsp3) is 0.250. The van der Waals surface area contributed by atoms with Gasteiger partial charge in [-0.3, -0.25) is 0 Å². The number of methoxy groups -OCH3 is 1. The van der Waals surface area contributed by atoms with Crippen LogP contribution >= 0.6 is 11.6 Å². The van der Waals surface area contributed by atoms with Crippen LogP contribution in [0.15, 0.2) is 36.4 Å². The van der Waals surface area contributed by atoms with Gasteiger partial charge in [-0.25, -0.2) is 4.39 Å². The Morgan fingerprint density at radius 1 is 1.19 bits per heavy atom. The molecule has 0 fully saturated rings. The van der Waals surface area contributed by atoms with Gasteiger partial charge >= 0.3 is 0 Å². The van der Waals surface area contributed by atoms with Crippen LogP contribution in [0.5, 0.6) is 11.5 Å². The van der Waals surface area contributed by atoms with Crippen molar-refractivity contribution in [3.8, 4) is 11.5 Å². The zero-order valence-electron chi connectivity index (χ0n) is 11.9. The van der Waals surface area contributed by atoms with Gasteiger partial charge in [0.1, 0.15) is 12.4 Å². The van der Waals surface area contributed by atoms with Gasteiger partial charge in [0.25, 0.3) is 0 Å². The summed E-state index contributed by atoms with van der Waals surface area (Å²) in [6, 6.07) is 9.95. The van der Waals surface area contributed by atoms with Gasteiger partial charge < -0.3 is 15.2 Å². The van der Waals surface area contributed by atoms with E-state index in [4.69, 9.17) is 26.8 Å². The van der Waals surface area contributed by atoms with E-state index >= 15 is 0 Å². The topological polar surface area (TPSA) is 44.5 Å². The van der Waals surface area contributed by atoms with E-state index in [0.717, 1.165) is 11.1 Å². The van der Waals surface area contributed by atoms with E-state index in [1.54, 1.807) is 19.2 Å². The maximum Gasteiger partial charge on any atom is 0.161 e. The van der Waals surface area contributed by atoms with E-state index in [0.29, 0.717) is 11.5 Å². The highest BCUT2D eigenvalue weighted by Crippen LogP contribution is 2.30. The first-order valence-corrected chi connectivity index (χ1v) is 6.89. The number of ether oxygens (including phenoxy) is 2. The maximum absolute atomic E-state index is 13.1. The molecule has 0 heterocycles. The van der Waals surface area contributed by atoms with Crippen molar-refractivity contribution in [1.82, 2.24) is 0 Å². The van der Waals surface area contributed by atoms with Crippen molar-refractivity contribution in [2.45, 2.75) is 19.6 Å². The first-order chi connectivity index (χ1) is 10.0. The molecule has 2 rings (SSSR count). The Balaban J connectivity index is 2.13. The molecule has 0 aliphatic heterocycles. The van der Waals surface area contributed by atoms with E-state index in [9.17, 15) is 4.39 Å². The molecule has 0 bridgehead atoms. The largest absolute Gasteiger partial charge is 0.493 e. The van der Waals surface area contributed by atoms with Crippen LogP contribution in [0, 0.1) is 5.82 Å². The minimum absolute atomic E-state index is 0.0790. The van der Waals surface area contributed by atoms with Gasteiger partial charge in [0.2, 0.25) is 0 Å². The van der Waals surface area contributed by atoms with Crippen LogP contribution in [-0.4, -0.2) is 7.11 Å². The molecule has 0 saturated carbocycles. The zero-order chi connectivity index (χ0) is 15.4. The van der Waals surface area contributed by atoms with Gasteiger partial charge in [-0.05, 0) is 42.3 Å². The number of rotatable bonds is 5. The molecule has 0 aromatic heterocycles. The van der Waals surface area contributed by atoms with Gasteiger partial charge in [0.05, 0.1) is 12.1 Å². The van der Waals surface area contributed by atoms with Gasteiger partial charge in [0, 0.05) is 6.04 Å². The molecule has 0 unspecified atom stereocenters. The van der Waals surface area contributed by atoms with Gasteiger partial charge in [-0.2, -0.15) is 0 Å². The van der Waals surface area contributed by atoms with Crippen molar-refractivity contribution in [2.75, 3.05) is 7.11 Å². The average Bonchev–Trinajstić information content (AvgIpc) is 2.48. The standard InChI is InChI=1S/C16H17ClFNO2/c1-10(19)12-4-6-15(16(8-12)20-2)21-9-11-3-5-14(18)13(17)7-11/h3-8,10H,9,19H2,1-2H3/t10-/m1/s1. The Morgan fingerprint density at radius 3 is 2.57 bits per heavy atom. The molecule has 3 nitrogen and oxygen atoms in total. The molecule has 21 heavy (non-hydrogen) atoms. The summed E-state index contributed by atoms with van der Waals surface area (Å²) < 4.78 is 24.1. The Hall–Kier alpha value is -1.78. The number of benzene rings is 2. The summed E-state index contributed by atoms with van der Waals surface area (Å²) in [4.78, 5) is 0. The van der Waals surface area contributed by atoms with Gasteiger partial charge in [-0.1, -0.05) is 23.7 Å². The van der Waals surface area contributed by atoms with Crippen LogP contribution < -0.4 is 15.2 Å². The lowest BCUT2D eigenvalue weighted by molar-refractivity contribution is 0.284. The summed E-state index contributed by atoms with van der Waals surface area (Å²) >= 11 is 5.74. The fourth-order valence-corrected chi connectivity index (χ4v) is 2.08. The highest BCUT2D eigenvalue weighted by molar-refractivity contribution is 6.30. The van der Waals surface area contributed by atoms with Crippen LogP contribution in [0.1, 0.15) is 24.1 Å². The fourth-order valence-electron chi connectivity index (χ4n) is 1.88. The van der Waals surface area contributed by atoms with E-state index in [2.05, 4.69) is 0 Å². The number of halogens is 2. The van der Waals surface area contributed by atoms with Crippen molar-refractivity contribution >= 4 is 11.6 Å². The monoisotopic (exact) mass is 309 g/mol. The molecule has 2 N–H and O–H groups in total. The highest BCUT2D eigenvalue weighted by Gasteiger charge is 2.09. The predicted molar refractivity (Wildman–Crippen MR) is 81.3 cm³/mol. The number of hydrogen-bond donors (Lipinski definition) is 1. The van der Waals surface area contributed by atoms with Crippen molar-refractivity contribution in [2.24, 2.45) is 5.73 Å². The lowest BCUT2D eigenvalue weighted by atomic mass is 10.1. The highest BCUT2D eigenvalue weighted by atomic mass is 35.5. The smallest absolute Gasteiger partial charge is 0.161 e. The second-order valence-electron chi connectivity index (χ2n) is 4.74. The third-order valence-corrected chi connectivity index (χ3v) is 3.38. The molecule has 5 heteroatoms. The summed E-state index contributed by atoms with van der Waals surface area (Å²) in [5, 5.41) is 0.0790. The van der Waals surface area contributed by atoms with Crippen molar-refractivity contribution < 1.29 is 13.9 Å². The molecule has 2 aromatic carbocycles. The summed E-state index contributed by atoms with van der Waals surface area (Å²) in [5.41, 5.74) is 7.58. The Bertz CT molecular complexity index is 632. The second-order valence-corrected chi connectivity index (χ2v) is 5.14. The maximum atomic E-state index is 13.1. The van der Waals surface area contributed by atoms with E-state index in [-0.39, 0.29) is 17.7 Å². The first-order valence-electron chi connectivity index (χ1n) is 6.51. The molecular weight excluding hydrogens is 293 g/mol. The van der Waals surface area contributed by atoms with Crippen LogP contribution in [0.2, 0.25) is 5.02 Å². The van der Waals surface area contributed by atoms with Crippen LogP contribution in [0.3, 0.4) is 0 Å². The molecule has 0 spiro atoms. The minimum atomic E-state index is -0.445. The van der Waals surface area contributed by atoms with Gasteiger partial charge in [0.15, 0.2) is 11.5 Å². The third-order valence-electron chi connectivity index (χ3n) is 3.09. The summed E-state index contributed by atoms with van der Waals surface area (Å²) in [6.45, 7) is 2.17. The number of nitrogens with two attached hydrogens (primary N) is 1. The molecule has 2 aromatic rings. The molecule has 0 radical (unpaired) electrons. The van der Waals surface area contributed by atoms with Gasteiger partial charge in [-0.15, -0.1) is 0 Å². The quantitative estimate of drug-likeness (QED) is 0.905. The molecular formula is C16H17ClFNO2. The van der Waals surface area contributed by atoms with Crippen LogP contribution in [-0.2, 0) is 6.61 Å². The molecule has 1 atom stereocenters. The molecule has 0 amide bonds. The van der Waals surface area contributed by atoms with Crippen LogP contribution in [0.4, 0.5) is 4.39 Å². The predicted octanol–water partition coefficient (Wildman–Crippen LogP) is 4.09. The SMILES string of the molecule is COc1cc([C@@H](C)N)ccc1OCc1ccc(F)c(Cl)c1. The van der Waals surface area contributed by atoms with Crippen molar-refractivity contribution in [3.05, 3.63) is 58.4 Å². The lowest BCUT2D eigenvalue weighted by Crippen LogP contribution is -2.05. The zero-order valence-corrected chi connectivity index (χ0v) is 12.7. The lowest BCUT2D eigenvalue weighted by Gasteiger charge is -2.14. The van der Waals surface area contributed by atoms with Crippen molar-refractivity contribution in [3.63, 3.8) is 0 Å². The molecule has 0 aliphatic carbocycles. The molecule has 0 saturated heterocycles. The Labute approximate surface area is 128 Å². The number of hydrogen-bond acceptors (Lipinski definition) is 3. The summed E-state index contributed by atoms with van der Waals surface area (Å²) in [6.07, 6.45) is 0. The summed E-state index contributed by atoms with van der Waals surface area (Å²) in [5.74, 6) is 0.764. The minimum Gasteiger partial charge on any atom is -0.493 e. The first kappa shape index (κ1) is 15.6. The average molecular weight is 310 g/mol.